The predicted molar refractivity (Wildman–Crippen MR) is 114 cm³/mol. The topological polar surface area (TPSA) is 58.2 Å². The Bertz CT molecular complexity index is 911. The van der Waals surface area contributed by atoms with Crippen molar-refractivity contribution in [3.63, 3.8) is 0 Å². The summed E-state index contributed by atoms with van der Waals surface area (Å²) in [6, 6.07) is 25.7. The fourth-order valence-corrected chi connectivity index (χ4v) is 2.55. The van der Waals surface area contributed by atoms with E-state index in [1.165, 1.54) is 12.2 Å². The van der Waals surface area contributed by atoms with Gasteiger partial charge in [0.2, 0.25) is 0 Å². The first kappa shape index (κ1) is 18.9. The van der Waals surface area contributed by atoms with E-state index < -0.39 is 0 Å². The van der Waals surface area contributed by atoms with Crippen LogP contribution in [0.25, 0.3) is 0 Å². The maximum atomic E-state index is 12.1. The lowest BCUT2D eigenvalue weighted by atomic mass is 10.1. The Kier molecular flexibility index (Phi) is 6.53. The normalized spacial score (nSPS) is 10.9. The van der Waals surface area contributed by atoms with Crippen molar-refractivity contribution in [2.24, 2.45) is 0 Å². The van der Waals surface area contributed by atoms with Crippen LogP contribution in [0.4, 0.5) is 11.4 Å². The molecule has 0 spiro atoms. The summed E-state index contributed by atoms with van der Waals surface area (Å²) < 4.78 is 0. The summed E-state index contributed by atoms with van der Waals surface area (Å²) in [6.45, 7) is 0. The summed E-state index contributed by atoms with van der Waals surface area (Å²) in [4.78, 5) is 24.2. The van der Waals surface area contributed by atoms with Crippen LogP contribution in [0.2, 0.25) is 0 Å². The summed E-state index contributed by atoms with van der Waals surface area (Å²) >= 11 is 0. The molecule has 0 heterocycles. The average molecular weight is 368 g/mol. The second kappa shape index (κ2) is 9.69. The van der Waals surface area contributed by atoms with Gasteiger partial charge in [-0.25, -0.2) is 0 Å². The van der Waals surface area contributed by atoms with Gasteiger partial charge in [-0.15, -0.1) is 0 Å². The highest BCUT2D eigenvalue weighted by Crippen LogP contribution is 2.21. The van der Waals surface area contributed by atoms with E-state index in [0.29, 0.717) is 11.1 Å². The fraction of sp³-hybridized carbons (Fsp3) is 0. The number of carbonyl (C=O) groups excluding carboxylic acids is 2. The minimum atomic E-state index is -0.0770. The van der Waals surface area contributed by atoms with Crippen LogP contribution >= 0.6 is 0 Å². The highest BCUT2D eigenvalue weighted by Gasteiger charge is 2.02. The van der Waals surface area contributed by atoms with E-state index in [4.69, 9.17) is 0 Å². The van der Waals surface area contributed by atoms with Crippen molar-refractivity contribution in [1.82, 2.24) is 0 Å². The average Bonchev–Trinajstić information content (AvgIpc) is 2.76. The highest BCUT2D eigenvalue weighted by molar-refractivity contribution is 6.05. The van der Waals surface area contributed by atoms with E-state index in [-0.39, 0.29) is 11.6 Å². The van der Waals surface area contributed by atoms with Crippen LogP contribution < -0.4 is 10.6 Å². The van der Waals surface area contributed by atoms with E-state index in [0.717, 1.165) is 11.4 Å². The molecule has 0 fully saturated rings. The van der Waals surface area contributed by atoms with Gasteiger partial charge in [-0.1, -0.05) is 72.8 Å². The number of nitrogens with one attached hydrogen (secondary N) is 2. The molecule has 3 aromatic carbocycles. The van der Waals surface area contributed by atoms with Gasteiger partial charge in [-0.05, 0) is 12.1 Å². The Morgan fingerprint density at radius 3 is 1.29 bits per heavy atom. The van der Waals surface area contributed by atoms with Gasteiger partial charge < -0.3 is 10.6 Å². The molecular formula is C24H20N2O2. The molecule has 0 atom stereocenters. The highest BCUT2D eigenvalue weighted by atomic mass is 16.1. The van der Waals surface area contributed by atoms with Crippen molar-refractivity contribution in [2.75, 3.05) is 10.6 Å². The zero-order chi connectivity index (χ0) is 19.6. The van der Waals surface area contributed by atoms with Crippen LogP contribution in [0.15, 0.2) is 109 Å². The van der Waals surface area contributed by atoms with Crippen molar-refractivity contribution < 1.29 is 9.59 Å². The molecule has 0 saturated carbocycles. The molecule has 0 aliphatic rings. The molecule has 0 amide bonds. The Labute approximate surface area is 164 Å². The van der Waals surface area contributed by atoms with Crippen LogP contribution in [-0.2, 0) is 0 Å². The van der Waals surface area contributed by atoms with Gasteiger partial charge in [-0.3, -0.25) is 9.59 Å². The third-order valence-corrected chi connectivity index (χ3v) is 3.99. The first-order chi connectivity index (χ1) is 13.7. The molecule has 0 aliphatic heterocycles. The van der Waals surface area contributed by atoms with Crippen molar-refractivity contribution in [1.29, 1.82) is 0 Å². The van der Waals surface area contributed by atoms with Gasteiger partial charge in [0.05, 0.1) is 11.4 Å². The van der Waals surface area contributed by atoms with Crippen LogP contribution in [-0.4, -0.2) is 11.6 Å². The number of allylic oxidation sites excluding steroid dienone is 2. The molecule has 0 unspecified atom stereocenters. The smallest absolute Gasteiger partial charge is 0.187 e. The van der Waals surface area contributed by atoms with Crippen molar-refractivity contribution in [2.45, 2.75) is 0 Å². The lowest BCUT2D eigenvalue weighted by molar-refractivity contribution is 0.103. The van der Waals surface area contributed by atoms with Gasteiger partial charge >= 0.3 is 0 Å². The number of carbonyl (C=O) groups is 2. The van der Waals surface area contributed by atoms with Gasteiger partial charge in [0.25, 0.3) is 0 Å². The lowest BCUT2D eigenvalue weighted by Crippen LogP contribution is -1.99. The van der Waals surface area contributed by atoms with Gasteiger partial charge in [-0.2, -0.15) is 0 Å². The maximum Gasteiger partial charge on any atom is 0.187 e. The number of anilines is 2. The number of hydrogen-bond acceptors (Lipinski definition) is 4. The van der Waals surface area contributed by atoms with Crippen LogP contribution in [0, 0.1) is 0 Å². The lowest BCUT2D eigenvalue weighted by Gasteiger charge is -2.08. The Morgan fingerprint density at radius 1 is 0.536 bits per heavy atom. The molecule has 2 N–H and O–H groups in total. The second-order valence-electron chi connectivity index (χ2n) is 5.96. The number of hydrogen-bond donors (Lipinski definition) is 2. The number of ketones is 2. The molecule has 3 aromatic rings. The van der Waals surface area contributed by atoms with Crippen molar-refractivity contribution in [3.05, 3.63) is 121 Å². The van der Waals surface area contributed by atoms with Gasteiger partial charge in [0.1, 0.15) is 0 Å². The largest absolute Gasteiger partial charge is 0.360 e. The minimum absolute atomic E-state index is 0.0770. The van der Waals surface area contributed by atoms with Crippen LogP contribution in [0.5, 0.6) is 0 Å². The van der Waals surface area contributed by atoms with E-state index in [1.54, 1.807) is 36.7 Å². The standard InChI is InChI=1S/C24H20N2O2/c27-23(19-9-3-1-4-10-19)15-17-25-21-13-7-8-14-22(21)26-18-16-24(28)20-11-5-2-6-12-20/h1-18,25-26H/b17-15-,18-16-. The van der Waals surface area contributed by atoms with Crippen molar-refractivity contribution in [3.8, 4) is 0 Å². The third-order valence-electron chi connectivity index (χ3n) is 3.99. The first-order valence-electron chi connectivity index (χ1n) is 8.88. The van der Waals surface area contributed by atoms with Gasteiger partial charge in [0.15, 0.2) is 11.6 Å². The third kappa shape index (κ3) is 5.29. The predicted octanol–water partition coefficient (Wildman–Crippen LogP) is 5.30. The second-order valence-corrected chi connectivity index (χ2v) is 5.96. The van der Waals surface area contributed by atoms with Crippen LogP contribution in [0.3, 0.4) is 0 Å². The molecule has 0 radical (unpaired) electrons. The zero-order valence-electron chi connectivity index (χ0n) is 15.2. The Hall–Kier alpha value is -3.92. The number of benzene rings is 3. The minimum Gasteiger partial charge on any atom is -0.360 e. The number of rotatable bonds is 8. The summed E-state index contributed by atoms with van der Waals surface area (Å²) in [5, 5.41) is 6.20. The molecule has 0 aromatic heterocycles. The maximum absolute atomic E-state index is 12.1. The molecule has 0 saturated heterocycles. The number of para-hydroxylation sites is 2. The zero-order valence-corrected chi connectivity index (χ0v) is 15.2. The first-order valence-corrected chi connectivity index (χ1v) is 8.88. The molecular weight excluding hydrogens is 348 g/mol. The quantitative estimate of drug-likeness (QED) is 0.418. The Morgan fingerprint density at radius 2 is 0.893 bits per heavy atom. The SMILES string of the molecule is O=C(/C=C\Nc1ccccc1N/C=C\C(=O)c1ccccc1)c1ccccc1. The monoisotopic (exact) mass is 368 g/mol. The van der Waals surface area contributed by atoms with E-state index >= 15 is 0 Å². The molecule has 0 aliphatic carbocycles. The fourth-order valence-electron chi connectivity index (χ4n) is 2.55. The summed E-state index contributed by atoms with van der Waals surface area (Å²) in [6.07, 6.45) is 6.19. The van der Waals surface area contributed by atoms with E-state index in [1.807, 2.05) is 60.7 Å². The van der Waals surface area contributed by atoms with Crippen LogP contribution in [0.1, 0.15) is 20.7 Å². The molecule has 3 rings (SSSR count). The van der Waals surface area contributed by atoms with E-state index in [9.17, 15) is 9.59 Å². The summed E-state index contributed by atoms with van der Waals surface area (Å²) in [7, 11) is 0. The molecule has 0 bridgehead atoms. The van der Waals surface area contributed by atoms with Crippen molar-refractivity contribution >= 4 is 22.9 Å². The summed E-state index contributed by atoms with van der Waals surface area (Å²) in [5.74, 6) is -0.154. The van der Waals surface area contributed by atoms with E-state index in [2.05, 4.69) is 10.6 Å². The molecule has 4 nitrogen and oxygen atoms in total. The summed E-state index contributed by atoms with van der Waals surface area (Å²) in [5.41, 5.74) is 2.84. The Balaban J connectivity index is 1.61. The molecule has 28 heavy (non-hydrogen) atoms. The van der Waals surface area contributed by atoms with Gasteiger partial charge in [0, 0.05) is 35.7 Å². The molecule has 4 heteroatoms. The molecule has 138 valence electrons.